The number of thiazole rings is 1. The quantitative estimate of drug-likeness (QED) is 0.260. The molecule has 2 heterocycles. The molecule has 1 aliphatic rings. The molecule has 0 N–H and O–H groups in total. The highest BCUT2D eigenvalue weighted by Crippen LogP contribution is 2.39. The summed E-state index contributed by atoms with van der Waals surface area (Å²) >= 11 is 1.43. The number of nitrogens with zero attached hydrogens (tertiary/aromatic N) is 4. The molecule has 0 fully saturated rings. The lowest BCUT2D eigenvalue weighted by atomic mass is 10.2. The van der Waals surface area contributed by atoms with Gasteiger partial charge in [0.2, 0.25) is 10.0 Å². The molecule has 0 bridgehead atoms. The van der Waals surface area contributed by atoms with E-state index in [9.17, 15) is 13.2 Å². The van der Waals surface area contributed by atoms with Crippen molar-refractivity contribution in [2.24, 2.45) is 11.8 Å². The van der Waals surface area contributed by atoms with Crippen molar-refractivity contribution in [3.05, 3.63) is 42.0 Å². The van der Waals surface area contributed by atoms with E-state index in [0.29, 0.717) is 61.6 Å². The summed E-state index contributed by atoms with van der Waals surface area (Å²) in [6.45, 7) is 17.0. The summed E-state index contributed by atoms with van der Waals surface area (Å²) in [6, 6.07) is 10.1. The van der Waals surface area contributed by atoms with Crippen molar-refractivity contribution in [2.45, 2.75) is 46.4 Å². The Labute approximate surface area is 248 Å². The van der Waals surface area contributed by atoms with E-state index in [1.54, 1.807) is 33.5 Å². The van der Waals surface area contributed by atoms with Gasteiger partial charge in [-0.2, -0.15) is 4.31 Å². The van der Waals surface area contributed by atoms with Crippen LogP contribution in [0.15, 0.2) is 41.3 Å². The van der Waals surface area contributed by atoms with Crippen LogP contribution in [0, 0.1) is 11.8 Å². The first-order valence-electron chi connectivity index (χ1n) is 14.4. The second-order valence-electron chi connectivity index (χ2n) is 11.1. The number of likely N-dealkylation sites (N-methyl/N-ethyl adjacent to an activating group) is 1. The third-order valence-electron chi connectivity index (χ3n) is 6.93. The van der Waals surface area contributed by atoms with Crippen molar-refractivity contribution in [3.63, 3.8) is 0 Å². The van der Waals surface area contributed by atoms with Crippen LogP contribution in [0.3, 0.4) is 0 Å². The fourth-order valence-electron chi connectivity index (χ4n) is 4.79. The molecule has 1 aromatic heterocycles. The van der Waals surface area contributed by atoms with Crippen LogP contribution < -0.4 is 14.4 Å². The zero-order valence-electron chi connectivity index (χ0n) is 24.9. The number of benzene rings is 2. The molecule has 2 aromatic carbocycles. The third-order valence-corrected chi connectivity index (χ3v) is 9.82. The van der Waals surface area contributed by atoms with E-state index in [4.69, 9.17) is 14.5 Å². The van der Waals surface area contributed by atoms with Crippen LogP contribution in [-0.4, -0.2) is 81.0 Å². The largest absolute Gasteiger partial charge is 0.486 e. The van der Waals surface area contributed by atoms with Gasteiger partial charge in [-0.15, -0.1) is 0 Å². The molecular weight excluding hydrogens is 560 g/mol. The molecule has 0 atom stereocenters. The van der Waals surface area contributed by atoms with E-state index < -0.39 is 10.0 Å². The molecular formula is C30H42N4O5S2. The van der Waals surface area contributed by atoms with Crippen LogP contribution >= 0.6 is 11.3 Å². The number of fused-ring (bicyclic) bond motifs is 2. The van der Waals surface area contributed by atoms with Crippen molar-refractivity contribution in [1.29, 1.82) is 0 Å². The number of amides is 1. The Bertz CT molecular complexity index is 1380. The minimum absolute atomic E-state index is 0.190. The fourth-order valence-corrected chi connectivity index (χ4v) is 7.56. The van der Waals surface area contributed by atoms with Crippen molar-refractivity contribution in [1.82, 2.24) is 14.2 Å². The number of ether oxygens (including phenoxy) is 2. The monoisotopic (exact) mass is 602 g/mol. The highest BCUT2D eigenvalue weighted by Gasteiger charge is 2.28. The summed E-state index contributed by atoms with van der Waals surface area (Å²) in [5, 5.41) is 0.580. The Balaban J connectivity index is 1.64. The normalized spacial score (nSPS) is 13.6. The average Bonchev–Trinajstić information content (AvgIpc) is 3.35. The predicted molar refractivity (Wildman–Crippen MR) is 165 cm³/mol. The Morgan fingerprint density at radius 2 is 1.51 bits per heavy atom. The van der Waals surface area contributed by atoms with Crippen LogP contribution in [0.5, 0.6) is 11.5 Å². The molecule has 11 heteroatoms. The Kier molecular flexibility index (Phi) is 10.3. The number of aromatic nitrogens is 1. The van der Waals surface area contributed by atoms with Crippen LogP contribution in [0.2, 0.25) is 0 Å². The third kappa shape index (κ3) is 7.38. The smallest absolute Gasteiger partial charge is 0.260 e. The number of carbonyl (C=O) groups excluding carboxylic acids is 1. The van der Waals surface area contributed by atoms with Crippen LogP contribution in [0.25, 0.3) is 10.2 Å². The molecule has 1 aliphatic heterocycles. The SMILES string of the molecule is CCN(CC)CCN(C(=O)c1ccc(S(=O)(=O)N(CC(C)C)CC(C)C)cc1)c1nc2cc3c(cc2s1)OCCO3. The van der Waals surface area contributed by atoms with E-state index in [1.807, 2.05) is 39.8 Å². The Hall–Kier alpha value is -2.73. The van der Waals surface area contributed by atoms with Gasteiger partial charge >= 0.3 is 0 Å². The summed E-state index contributed by atoms with van der Waals surface area (Å²) in [5.74, 6) is 1.50. The van der Waals surface area contributed by atoms with Crippen molar-refractivity contribution >= 4 is 42.6 Å². The Morgan fingerprint density at radius 1 is 0.927 bits per heavy atom. The lowest BCUT2D eigenvalue weighted by Crippen LogP contribution is -2.39. The van der Waals surface area contributed by atoms with Gasteiger partial charge in [-0.1, -0.05) is 52.9 Å². The molecule has 0 saturated carbocycles. The number of hydrogen-bond acceptors (Lipinski definition) is 8. The first-order chi connectivity index (χ1) is 19.5. The maximum Gasteiger partial charge on any atom is 0.260 e. The van der Waals surface area contributed by atoms with Gasteiger partial charge in [-0.05, 0) is 49.2 Å². The second kappa shape index (κ2) is 13.5. The first kappa shape index (κ1) is 31.2. The van der Waals surface area contributed by atoms with Gasteiger partial charge in [0.25, 0.3) is 5.91 Å². The summed E-state index contributed by atoms with van der Waals surface area (Å²) in [5.41, 5.74) is 1.15. The summed E-state index contributed by atoms with van der Waals surface area (Å²) in [4.78, 5) is 22.9. The molecule has 0 saturated heterocycles. The van der Waals surface area contributed by atoms with Gasteiger partial charge in [0.05, 0.1) is 15.1 Å². The highest BCUT2D eigenvalue weighted by molar-refractivity contribution is 7.89. The second-order valence-corrected chi connectivity index (χ2v) is 14.0. The van der Waals surface area contributed by atoms with Crippen LogP contribution in [0.4, 0.5) is 5.13 Å². The number of carbonyl (C=O) groups is 1. The predicted octanol–water partition coefficient (Wildman–Crippen LogP) is 5.36. The molecule has 9 nitrogen and oxygen atoms in total. The maximum absolute atomic E-state index is 13.9. The van der Waals surface area contributed by atoms with E-state index in [0.717, 1.165) is 23.3 Å². The molecule has 0 unspecified atom stereocenters. The summed E-state index contributed by atoms with van der Waals surface area (Å²) in [7, 11) is -3.69. The van der Waals surface area contributed by atoms with E-state index in [-0.39, 0.29) is 22.6 Å². The van der Waals surface area contributed by atoms with Crippen molar-refractivity contribution < 1.29 is 22.7 Å². The van der Waals surface area contributed by atoms with E-state index in [2.05, 4.69) is 18.7 Å². The molecule has 0 aliphatic carbocycles. The summed E-state index contributed by atoms with van der Waals surface area (Å²) < 4.78 is 40.9. The first-order valence-corrected chi connectivity index (χ1v) is 16.6. The molecule has 4 rings (SSSR count). The van der Waals surface area contributed by atoms with Crippen molar-refractivity contribution in [2.75, 3.05) is 57.4 Å². The average molecular weight is 603 g/mol. The molecule has 1 amide bonds. The molecule has 0 spiro atoms. The van der Waals surface area contributed by atoms with Crippen molar-refractivity contribution in [3.8, 4) is 11.5 Å². The van der Waals surface area contributed by atoms with Gasteiger partial charge in [0.15, 0.2) is 16.6 Å². The van der Waals surface area contributed by atoms with E-state index >= 15 is 0 Å². The number of anilines is 1. The zero-order chi connectivity index (χ0) is 29.7. The molecule has 0 radical (unpaired) electrons. The lowest BCUT2D eigenvalue weighted by molar-refractivity contribution is 0.0983. The lowest BCUT2D eigenvalue weighted by Gasteiger charge is -2.26. The van der Waals surface area contributed by atoms with Gasteiger partial charge < -0.3 is 14.4 Å². The number of sulfonamides is 1. The minimum Gasteiger partial charge on any atom is -0.486 e. The molecule has 3 aromatic rings. The fraction of sp³-hybridized carbons (Fsp3) is 0.533. The highest BCUT2D eigenvalue weighted by atomic mass is 32.2. The van der Waals surface area contributed by atoms with Crippen LogP contribution in [0.1, 0.15) is 51.9 Å². The maximum atomic E-state index is 13.9. The molecule has 224 valence electrons. The van der Waals surface area contributed by atoms with Gasteiger partial charge in [0.1, 0.15) is 13.2 Å². The van der Waals surface area contributed by atoms with E-state index in [1.165, 1.54) is 11.3 Å². The topological polar surface area (TPSA) is 92.3 Å². The zero-order valence-corrected chi connectivity index (χ0v) is 26.6. The van der Waals surface area contributed by atoms with Gasteiger partial charge in [-0.3, -0.25) is 9.69 Å². The number of rotatable bonds is 13. The van der Waals surface area contributed by atoms with Gasteiger partial charge in [0, 0.05) is 43.9 Å². The van der Waals surface area contributed by atoms with Crippen LogP contribution in [-0.2, 0) is 10.0 Å². The summed E-state index contributed by atoms with van der Waals surface area (Å²) in [6.07, 6.45) is 0. The molecule has 41 heavy (non-hydrogen) atoms. The Morgan fingerprint density at radius 3 is 2.07 bits per heavy atom. The number of hydrogen-bond donors (Lipinski definition) is 0. The standard InChI is InChI=1S/C30H42N4O5S2/c1-7-32(8-2)13-14-34(30-31-25-17-26-27(18-28(25)40-30)39-16-15-38-26)29(35)23-9-11-24(12-10-23)41(36,37)33(19-21(3)4)20-22(5)6/h9-12,17-18,21-22H,7-8,13-16,19-20H2,1-6H3. The van der Waals surface area contributed by atoms with Gasteiger partial charge in [-0.25, -0.2) is 13.4 Å². The minimum atomic E-state index is -3.69.